The van der Waals surface area contributed by atoms with Gasteiger partial charge in [-0.25, -0.2) is 22.0 Å². The normalized spacial score (nSPS) is 17.5. The van der Waals surface area contributed by atoms with Crippen LogP contribution in [0.2, 0.25) is 0 Å². The highest BCUT2D eigenvalue weighted by Crippen LogP contribution is 2.37. The van der Waals surface area contributed by atoms with E-state index in [-0.39, 0.29) is 23.3 Å². The molecule has 0 amide bonds. The molecule has 206 valence electrons. The van der Waals surface area contributed by atoms with Crippen molar-refractivity contribution in [3.63, 3.8) is 0 Å². The van der Waals surface area contributed by atoms with Gasteiger partial charge in [-0.15, -0.1) is 0 Å². The fraction of sp³-hybridized carbons (Fsp3) is 0.357. The molecule has 3 aromatic carbocycles. The minimum absolute atomic E-state index is 0.167. The molecular weight excluding hydrogens is 517 g/mol. The van der Waals surface area contributed by atoms with Gasteiger partial charge in [0.2, 0.25) is 0 Å². The molecule has 0 aliphatic carbocycles. The van der Waals surface area contributed by atoms with Crippen LogP contribution >= 0.6 is 0 Å². The first-order valence-electron chi connectivity index (χ1n) is 12.1. The van der Waals surface area contributed by atoms with Gasteiger partial charge in [-0.1, -0.05) is 57.5 Å². The zero-order valence-corrected chi connectivity index (χ0v) is 21.0. The molecular formula is C28H27F7O3. The second-order valence-corrected chi connectivity index (χ2v) is 8.38. The zero-order chi connectivity index (χ0) is 28.0. The summed E-state index contributed by atoms with van der Waals surface area (Å²) >= 11 is 0. The van der Waals surface area contributed by atoms with Gasteiger partial charge >= 0.3 is 6.11 Å². The molecule has 1 fully saturated rings. The predicted molar refractivity (Wildman–Crippen MR) is 127 cm³/mol. The molecule has 3 aromatic rings. The van der Waals surface area contributed by atoms with Gasteiger partial charge < -0.3 is 14.2 Å². The van der Waals surface area contributed by atoms with Crippen LogP contribution in [0.25, 0.3) is 11.1 Å². The van der Waals surface area contributed by atoms with E-state index in [0.29, 0.717) is 30.8 Å². The summed E-state index contributed by atoms with van der Waals surface area (Å²) < 4.78 is 114. The Morgan fingerprint density at radius 1 is 0.816 bits per heavy atom. The number of benzene rings is 3. The van der Waals surface area contributed by atoms with Crippen molar-refractivity contribution in [2.75, 3.05) is 13.2 Å². The molecule has 0 radical (unpaired) electrons. The Kier molecular flexibility index (Phi) is 9.78. The summed E-state index contributed by atoms with van der Waals surface area (Å²) in [5, 5.41) is 0. The largest absolute Gasteiger partial charge is 0.429 e. The van der Waals surface area contributed by atoms with Crippen LogP contribution in [0.4, 0.5) is 30.7 Å². The van der Waals surface area contributed by atoms with Crippen molar-refractivity contribution in [2.24, 2.45) is 5.92 Å². The number of rotatable bonds is 7. The van der Waals surface area contributed by atoms with Gasteiger partial charge in [0.05, 0.1) is 13.2 Å². The third kappa shape index (κ3) is 6.47. The molecule has 1 saturated heterocycles. The van der Waals surface area contributed by atoms with Crippen LogP contribution in [0.3, 0.4) is 0 Å². The fourth-order valence-electron chi connectivity index (χ4n) is 3.92. The predicted octanol–water partition coefficient (Wildman–Crippen LogP) is 8.67. The highest BCUT2D eigenvalue weighted by Gasteiger charge is 2.40. The van der Waals surface area contributed by atoms with Crippen molar-refractivity contribution in [2.45, 2.75) is 46.0 Å². The molecule has 1 aliphatic rings. The molecule has 10 heteroatoms. The maximum atomic E-state index is 14.8. The molecule has 0 N–H and O–H groups in total. The van der Waals surface area contributed by atoms with Gasteiger partial charge in [-0.05, 0) is 18.1 Å². The fourth-order valence-corrected chi connectivity index (χ4v) is 3.92. The molecule has 1 heterocycles. The average Bonchev–Trinajstić information content (AvgIpc) is 2.90. The maximum absolute atomic E-state index is 14.8. The molecule has 4 rings (SSSR count). The molecule has 1 aliphatic heterocycles. The first kappa shape index (κ1) is 29.4. The van der Waals surface area contributed by atoms with Crippen LogP contribution in [-0.4, -0.2) is 13.2 Å². The van der Waals surface area contributed by atoms with E-state index >= 15 is 0 Å². The van der Waals surface area contributed by atoms with Crippen LogP contribution in [-0.2, 0) is 15.6 Å². The van der Waals surface area contributed by atoms with Gasteiger partial charge in [0.1, 0.15) is 11.3 Å². The monoisotopic (exact) mass is 544 g/mol. The van der Waals surface area contributed by atoms with Crippen molar-refractivity contribution >= 4 is 0 Å². The summed E-state index contributed by atoms with van der Waals surface area (Å²) in [4.78, 5) is 0. The molecule has 0 bridgehead atoms. The quantitative estimate of drug-likeness (QED) is 0.220. The van der Waals surface area contributed by atoms with Gasteiger partial charge in [0.15, 0.2) is 35.4 Å². The first-order valence-corrected chi connectivity index (χ1v) is 12.1. The molecule has 0 atom stereocenters. The van der Waals surface area contributed by atoms with Crippen LogP contribution in [0.15, 0.2) is 48.5 Å². The lowest BCUT2D eigenvalue weighted by molar-refractivity contribution is -0.206. The number of alkyl halides is 2. The van der Waals surface area contributed by atoms with Crippen LogP contribution in [0.5, 0.6) is 5.75 Å². The Hall–Kier alpha value is -3.11. The van der Waals surface area contributed by atoms with Gasteiger partial charge in [0, 0.05) is 29.2 Å². The van der Waals surface area contributed by atoms with E-state index in [2.05, 4.69) is 11.7 Å². The van der Waals surface area contributed by atoms with Crippen LogP contribution in [0.1, 0.15) is 51.0 Å². The molecule has 0 unspecified atom stereocenters. The number of hydrogen-bond acceptors (Lipinski definition) is 3. The van der Waals surface area contributed by atoms with Gasteiger partial charge in [-0.3, -0.25) is 0 Å². The van der Waals surface area contributed by atoms with Crippen LogP contribution in [0, 0.1) is 35.0 Å². The lowest BCUT2D eigenvalue weighted by Crippen LogP contribution is -2.26. The molecule has 3 nitrogen and oxygen atoms in total. The minimum atomic E-state index is -4.52. The van der Waals surface area contributed by atoms with E-state index in [9.17, 15) is 30.7 Å². The van der Waals surface area contributed by atoms with Crippen molar-refractivity contribution in [3.8, 4) is 16.9 Å². The standard InChI is InChI=1S/C26H21F7O3.C2H6/c1-2-3-14-12-34-25(35-13-14)16-6-4-15(5-7-16)18-8-9-19(23(30)22(18)29)26(32,33)36-17-10-20(27)24(31)21(28)11-17;1-2/h4-11,14,25H,2-3,12-13H2,1H3;1-2H3. The third-order valence-electron chi connectivity index (χ3n) is 5.76. The van der Waals surface area contributed by atoms with E-state index in [1.165, 1.54) is 12.1 Å². The van der Waals surface area contributed by atoms with Crippen molar-refractivity contribution in [3.05, 3.63) is 88.7 Å². The molecule has 0 saturated carbocycles. The second-order valence-electron chi connectivity index (χ2n) is 8.38. The summed E-state index contributed by atoms with van der Waals surface area (Å²) in [6.07, 6.45) is -3.13. The summed E-state index contributed by atoms with van der Waals surface area (Å²) in [6.45, 7) is 7.14. The highest BCUT2D eigenvalue weighted by atomic mass is 19.3. The zero-order valence-electron chi connectivity index (χ0n) is 21.0. The highest BCUT2D eigenvalue weighted by molar-refractivity contribution is 5.65. The van der Waals surface area contributed by atoms with E-state index < -0.39 is 52.8 Å². The van der Waals surface area contributed by atoms with Gasteiger partial charge in [-0.2, -0.15) is 8.78 Å². The Balaban J connectivity index is 0.00000195. The van der Waals surface area contributed by atoms with E-state index in [1.54, 1.807) is 12.1 Å². The molecule has 0 aromatic heterocycles. The number of ether oxygens (including phenoxy) is 3. The summed E-state index contributed by atoms with van der Waals surface area (Å²) in [5.74, 6) is -9.74. The summed E-state index contributed by atoms with van der Waals surface area (Å²) in [7, 11) is 0. The van der Waals surface area contributed by atoms with E-state index in [0.717, 1.165) is 18.9 Å². The Morgan fingerprint density at radius 3 is 1.95 bits per heavy atom. The Morgan fingerprint density at radius 2 is 1.39 bits per heavy atom. The Labute approximate surface area is 216 Å². The van der Waals surface area contributed by atoms with Gasteiger partial charge in [0.25, 0.3) is 0 Å². The maximum Gasteiger partial charge on any atom is 0.429 e. The van der Waals surface area contributed by atoms with E-state index in [4.69, 9.17) is 9.47 Å². The smallest absolute Gasteiger partial charge is 0.429 e. The van der Waals surface area contributed by atoms with Crippen LogP contribution < -0.4 is 4.74 Å². The summed E-state index contributed by atoms with van der Waals surface area (Å²) in [6, 6.07) is 7.99. The molecule has 0 spiro atoms. The summed E-state index contributed by atoms with van der Waals surface area (Å²) in [5.41, 5.74) is -0.944. The van der Waals surface area contributed by atoms with E-state index in [1.807, 2.05) is 13.8 Å². The third-order valence-corrected chi connectivity index (χ3v) is 5.76. The lowest BCUT2D eigenvalue weighted by atomic mass is 10.00. The SMILES string of the molecule is CC.CCCC1COC(c2ccc(-c3ccc(C(F)(F)Oc4cc(F)c(F)c(F)c4)c(F)c3F)cc2)OC1. The topological polar surface area (TPSA) is 27.7 Å². The first-order chi connectivity index (χ1) is 18.1. The van der Waals surface area contributed by atoms with Crippen molar-refractivity contribution in [1.82, 2.24) is 0 Å². The second kappa shape index (κ2) is 12.6. The average molecular weight is 545 g/mol. The minimum Gasteiger partial charge on any atom is -0.429 e. The number of halogens is 7. The Bertz CT molecular complexity index is 1200. The number of hydrogen-bond donors (Lipinski definition) is 0. The van der Waals surface area contributed by atoms with Crippen molar-refractivity contribution < 1.29 is 44.9 Å². The van der Waals surface area contributed by atoms with Crippen molar-refractivity contribution in [1.29, 1.82) is 0 Å². The lowest BCUT2D eigenvalue weighted by Gasteiger charge is -2.29. The molecule has 38 heavy (non-hydrogen) atoms.